The normalized spacial score (nSPS) is 20.7. The van der Waals surface area contributed by atoms with Gasteiger partial charge in [0.1, 0.15) is 12.4 Å². The van der Waals surface area contributed by atoms with Crippen LogP contribution in [0.5, 0.6) is 5.75 Å². The Labute approximate surface area is 192 Å². The second kappa shape index (κ2) is 9.23. The molecule has 2 aromatic heterocycles. The number of hydrogen-bond donors (Lipinski definition) is 1. The van der Waals surface area contributed by atoms with E-state index in [-0.39, 0.29) is 17.7 Å². The van der Waals surface area contributed by atoms with Crippen molar-refractivity contribution < 1.29 is 19.4 Å². The van der Waals surface area contributed by atoms with Gasteiger partial charge in [-0.1, -0.05) is 12.1 Å². The summed E-state index contributed by atoms with van der Waals surface area (Å²) in [4.78, 5) is 28.4. The smallest absolute Gasteiger partial charge is 0.254 e. The largest absolute Gasteiger partial charge is 0.492 e. The monoisotopic (exact) mass is 448 g/mol. The van der Waals surface area contributed by atoms with Crippen LogP contribution in [0.4, 0.5) is 0 Å². The summed E-state index contributed by atoms with van der Waals surface area (Å²) in [5, 5.41) is 14.9. The first-order valence-electron chi connectivity index (χ1n) is 11.5. The van der Waals surface area contributed by atoms with E-state index in [4.69, 9.17) is 4.74 Å². The van der Waals surface area contributed by atoms with Crippen LogP contribution in [0.1, 0.15) is 28.8 Å². The predicted octanol–water partition coefficient (Wildman–Crippen LogP) is 2.01. The quantitative estimate of drug-likeness (QED) is 0.598. The molecule has 2 atom stereocenters. The highest BCUT2D eigenvalue weighted by molar-refractivity contribution is 5.94. The summed E-state index contributed by atoms with van der Waals surface area (Å²) in [6.45, 7) is 2.55. The Morgan fingerprint density at radius 2 is 2.09 bits per heavy atom. The van der Waals surface area contributed by atoms with Crippen molar-refractivity contribution in [2.24, 2.45) is 5.92 Å². The van der Waals surface area contributed by atoms with E-state index in [1.54, 1.807) is 29.3 Å². The fraction of sp³-hybridized carbons (Fsp3) is 0.400. The maximum atomic E-state index is 13.1. The number of aromatic nitrogens is 2. The van der Waals surface area contributed by atoms with E-state index in [9.17, 15) is 14.7 Å². The van der Waals surface area contributed by atoms with Crippen LogP contribution < -0.4 is 4.74 Å². The molecule has 0 unspecified atom stereocenters. The number of nitrogens with zero attached hydrogens (tertiary/aromatic N) is 4. The van der Waals surface area contributed by atoms with Crippen LogP contribution in [0.2, 0.25) is 0 Å². The molecule has 2 aliphatic rings. The first-order chi connectivity index (χ1) is 16.1. The van der Waals surface area contributed by atoms with Gasteiger partial charge in [-0.3, -0.25) is 9.59 Å². The number of pyridine rings is 1. The van der Waals surface area contributed by atoms with Crippen LogP contribution in [-0.2, 0) is 11.2 Å². The Morgan fingerprint density at radius 1 is 1.18 bits per heavy atom. The molecule has 3 aromatic rings. The van der Waals surface area contributed by atoms with Crippen molar-refractivity contribution in [2.75, 3.05) is 32.8 Å². The molecule has 0 spiro atoms. The van der Waals surface area contributed by atoms with Gasteiger partial charge in [0.2, 0.25) is 5.91 Å². The molecule has 4 heterocycles. The molecule has 2 aliphatic heterocycles. The number of rotatable bonds is 7. The van der Waals surface area contributed by atoms with Gasteiger partial charge in [-0.25, -0.2) is 4.52 Å². The molecule has 8 heteroatoms. The Kier molecular flexibility index (Phi) is 6.00. The number of β-amino-alcohol motifs (C(OH)–C–C–N with tert-alkyl or cyclic N) is 1. The zero-order valence-electron chi connectivity index (χ0n) is 18.5. The number of hydrogen-bond acceptors (Lipinski definition) is 5. The number of aliphatic hydroxyl groups excluding tert-OH is 1. The van der Waals surface area contributed by atoms with Gasteiger partial charge in [-0.2, -0.15) is 5.10 Å². The van der Waals surface area contributed by atoms with Crippen molar-refractivity contribution in [1.82, 2.24) is 19.4 Å². The summed E-state index contributed by atoms with van der Waals surface area (Å²) >= 11 is 0. The van der Waals surface area contributed by atoms with Gasteiger partial charge >= 0.3 is 0 Å². The molecule has 1 N–H and O–H groups in total. The molecule has 172 valence electrons. The SMILES string of the molecule is O=C1CCCN1CCOc1cccc(C(=O)N2C[C@H](Cc3cccn4nccc34)[C@H](O)C2)c1. The number of amides is 2. The van der Waals surface area contributed by atoms with E-state index >= 15 is 0 Å². The number of carbonyl (C=O) groups excluding carboxylic acids is 2. The standard InChI is InChI=1S/C25H28N4O4/c30-23-17-28(16-20(23)14-18-5-2-11-29-22(18)8-9-26-29)25(32)19-4-1-6-21(15-19)33-13-12-27-10-3-7-24(27)31/h1-2,4-6,8-9,11,15,20,23,30H,3,7,10,12-14,16-17H2/t20-,23+/m0/s1. The van der Waals surface area contributed by atoms with Crippen molar-refractivity contribution in [1.29, 1.82) is 0 Å². The lowest BCUT2D eigenvalue weighted by Crippen LogP contribution is -2.30. The lowest BCUT2D eigenvalue weighted by atomic mass is 9.96. The Balaban J connectivity index is 1.20. The number of benzene rings is 1. The Bertz CT molecular complexity index is 1160. The van der Waals surface area contributed by atoms with E-state index < -0.39 is 6.10 Å². The van der Waals surface area contributed by atoms with Crippen molar-refractivity contribution >= 4 is 17.3 Å². The van der Waals surface area contributed by atoms with E-state index in [1.165, 1.54) is 0 Å². The summed E-state index contributed by atoms with van der Waals surface area (Å²) in [5.41, 5.74) is 2.67. The van der Waals surface area contributed by atoms with Crippen LogP contribution in [0.25, 0.3) is 5.52 Å². The molecular formula is C25H28N4O4. The van der Waals surface area contributed by atoms with Crippen LogP contribution in [-0.4, -0.2) is 75.2 Å². The van der Waals surface area contributed by atoms with E-state index in [0.29, 0.717) is 50.4 Å². The van der Waals surface area contributed by atoms with Crippen molar-refractivity contribution in [2.45, 2.75) is 25.4 Å². The third-order valence-electron chi connectivity index (χ3n) is 6.58. The fourth-order valence-electron chi connectivity index (χ4n) is 4.80. The first kappa shape index (κ1) is 21.5. The minimum Gasteiger partial charge on any atom is -0.492 e. The minimum absolute atomic E-state index is 0.0347. The molecular weight excluding hydrogens is 420 g/mol. The van der Waals surface area contributed by atoms with E-state index in [1.807, 2.05) is 39.9 Å². The highest BCUT2D eigenvalue weighted by Gasteiger charge is 2.34. The molecule has 0 radical (unpaired) electrons. The lowest BCUT2D eigenvalue weighted by molar-refractivity contribution is -0.128. The number of aliphatic hydroxyl groups is 1. The third-order valence-corrected chi connectivity index (χ3v) is 6.58. The van der Waals surface area contributed by atoms with Crippen LogP contribution in [0.15, 0.2) is 54.9 Å². The van der Waals surface area contributed by atoms with Gasteiger partial charge in [0.05, 0.1) is 18.2 Å². The lowest BCUT2D eigenvalue weighted by Gasteiger charge is -2.18. The van der Waals surface area contributed by atoms with Crippen molar-refractivity contribution in [3.05, 3.63) is 66.0 Å². The van der Waals surface area contributed by atoms with Crippen LogP contribution in [0, 0.1) is 5.92 Å². The predicted molar refractivity (Wildman–Crippen MR) is 122 cm³/mol. The van der Waals surface area contributed by atoms with Crippen LogP contribution >= 0.6 is 0 Å². The van der Waals surface area contributed by atoms with Gasteiger partial charge in [-0.05, 0) is 48.7 Å². The van der Waals surface area contributed by atoms with Gasteiger partial charge in [0.25, 0.3) is 5.91 Å². The first-order valence-corrected chi connectivity index (χ1v) is 11.5. The van der Waals surface area contributed by atoms with E-state index in [2.05, 4.69) is 5.10 Å². The zero-order valence-corrected chi connectivity index (χ0v) is 18.5. The summed E-state index contributed by atoms with van der Waals surface area (Å²) in [5.74, 6) is 0.636. The highest BCUT2D eigenvalue weighted by atomic mass is 16.5. The topological polar surface area (TPSA) is 87.4 Å². The molecule has 1 aromatic carbocycles. The second-order valence-electron chi connectivity index (χ2n) is 8.80. The Morgan fingerprint density at radius 3 is 2.94 bits per heavy atom. The maximum absolute atomic E-state index is 13.1. The molecule has 5 rings (SSSR count). The second-order valence-corrected chi connectivity index (χ2v) is 8.80. The zero-order chi connectivity index (χ0) is 22.8. The van der Waals surface area contributed by atoms with Gasteiger partial charge < -0.3 is 19.6 Å². The van der Waals surface area contributed by atoms with Crippen molar-refractivity contribution in [3.8, 4) is 5.75 Å². The summed E-state index contributed by atoms with van der Waals surface area (Å²) in [7, 11) is 0. The van der Waals surface area contributed by atoms with E-state index in [0.717, 1.165) is 24.0 Å². The maximum Gasteiger partial charge on any atom is 0.254 e. The van der Waals surface area contributed by atoms with Gasteiger partial charge in [-0.15, -0.1) is 0 Å². The average Bonchev–Trinajstić information content (AvgIpc) is 3.55. The summed E-state index contributed by atoms with van der Waals surface area (Å²) in [6, 6.07) is 13.1. The molecule has 33 heavy (non-hydrogen) atoms. The van der Waals surface area contributed by atoms with Gasteiger partial charge in [0, 0.05) is 49.9 Å². The third kappa shape index (κ3) is 4.57. The molecule has 0 bridgehead atoms. The number of carbonyl (C=O) groups is 2. The summed E-state index contributed by atoms with van der Waals surface area (Å²) < 4.78 is 7.63. The molecule has 2 saturated heterocycles. The molecule has 2 amide bonds. The molecule has 0 saturated carbocycles. The average molecular weight is 449 g/mol. The van der Waals surface area contributed by atoms with Crippen molar-refractivity contribution in [3.63, 3.8) is 0 Å². The van der Waals surface area contributed by atoms with Crippen LogP contribution in [0.3, 0.4) is 0 Å². The molecule has 2 fully saturated rings. The Hall–Kier alpha value is -3.39. The highest BCUT2D eigenvalue weighted by Crippen LogP contribution is 2.26. The number of fused-ring (bicyclic) bond motifs is 1. The molecule has 8 nitrogen and oxygen atoms in total. The van der Waals surface area contributed by atoms with Gasteiger partial charge in [0.15, 0.2) is 0 Å². The number of likely N-dealkylation sites (tertiary alicyclic amines) is 2. The molecule has 0 aliphatic carbocycles. The fourth-order valence-corrected chi connectivity index (χ4v) is 4.80. The minimum atomic E-state index is -0.574. The summed E-state index contributed by atoms with van der Waals surface area (Å²) in [6.07, 6.45) is 5.29. The number of ether oxygens (including phenoxy) is 1.